The number of nitrogens with one attached hydrogen (secondary N) is 1. The van der Waals surface area contributed by atoms with Crippen LogP contribution in [-0.4, -0.2) is 23.7 Å². The zero-order valence-electron chi connectivity index (χ0n) is 14.1. The largest absolute Gasteiger partial charge is 0.476 e. The molecule has 3 atom stereocenters. The van der Waals surface area contributed by atoms with Crippen LogP contribution in [0.4, 0.5) is 8.78 Å². The molecule has 0 aliphatic heterocycles. The van der Waals surface area contributed by atoms with Crippen molar-refractivity contribution in [3.63, 3.8) is 0 Å². The second kappa shape index (κ2) is 8.58. The van der Waals surface area contributed by atoms with E-state index in [9.17, 15) is 18.7 Å². The molecule has 0 aliphatic rings. The van der Waals surface area contributed by atoms with Crippen LogP contribution in [0, 0.1) is 17.6 Å². The van der Waals surface area contributed by atoms with E-state index in [0.717, 1.165) is 12.1 Å². The molecule has 3 unspecified atom stereocenters. The molecule has 4 nitrogen and oxygen atoms in total. The van der Waals surface area contributed by atoms with Crippen LogP contribution in [0.25, 0.3) is 0 Å². The van der Waals surface area contributed by atoms with Crippen molar-refractivity contribution in [2.45, 2.75) is 26.0 Å². The van der Waals surface area contributed by atoms with Gasteiger partial charge in [-0.15, -0.1) is 0 Å². The molecule has 25 heavy (non-hydrogen) atoms. The summed E-state index contributed by atoms with van der Waals surface area (Å²) in [5, 5.41) is 12.0. The first-order valence-electron chi connectivity index (χ1n) is 8.00. The van der Waals surface area contributed by atoms with E-state index in [-0.39, 0.29) is 24.3 Å². The Balaban J connectivity index is 2.24. The second-order valence-electron chi connectivity index (χ2n) is 5.94. The average molecular weight is 349 g/mol. The van der Waals surface area contributed by atoms with Gasteiger partial charge in [0.2, 0.25) is 6.10 Å². The number of hydrogen-bond donors (Lipinski definition) is 2. The van der Waals surface area contributed by atoms with Crippen molar-refractivity contribution in [3.05, 3.63) is 65.7 Å². The van der Waals surface area contributed by atoms with Crippen LogP contribution in [-0.2, 0) is 4.79 Å². The van der Waals surface area contributed by atoms with Gasteiger partial charge in [0.25, 0.3) is 5.91 Å². The second-order valence-corrected chi connectivity index (χ2v) is 5.94. The smallest absolute Gasteiger partial charge is 0.266 e. The van der Waals surface area contributed by atoms with Gasteiger partial charge in [0.05, 0.1) is 0 Å². The van der Waals surface area contributed by atoms with Gasteiger partial charge in [-0.1, -0.05) is 37.3 Å². The third-order valence-corrected chi connectivity index (χ3v) is 4.00. The third kappa shape index (κ3) is 5.00. The third-order valence-electron chi connectivity index (χ3n) is 4.00. The summed E-state index contributed by atoms with van der Waals surface area (Å²) in [7, 11) is 0. The summed E-state index contributed by atoms with van der Waals surface area (Å²) in [6.07, 6.45) is -1.03. The summed E-state index contributed by atoms with van der Waals surface area (Å²) >= 11 is 0. The number of carbonyl (C=O) groups is 1. The fourth-order valence-corrected chi connectivity index (χ4v) is 2.19. The van der Waals surface area contributed by atoms with E-state index in [0.29, 0.717) is 5.56 Å². The van der Waals surface area contributed by atoms with Gasteiger partial charge in [-0.3, -0.25) is 4.79 Å². The first-order valence-corrected chi connectivity index (χ1v) is 8.00. The Hall–Kier alpha value is -2.47. The van der Waals surface area contributed by atoms with Crippen molar-refractivity contribution < 1.29 is 23.4 Å². The van der Waals surface area contributed by atoms with E-state index in [1.807, 2.05) is 0 Å². The summed E-state index contributed by atoms with van der Waals surface area (Å²) < 4.78 is 32.1. The molecule has 0 spiro atoms. The number of rotatable bonds is 7. The minimum absolute atomic E-state index is 0.0470. The molecule has 0 bridgehead atoms. The SMILES string of the molecule is CC(CO)C(C)NC(=O)C(Oc1ccc(F)c(F)c1)c1ccccc1. The van der Waals surface area contributed by atoms with Crippen molar-refractivity contribution in [1.29, 1.82) is 0 Å². The summed E-state index contributed by atoms with van der Waals surface area (Å²) in [5.74, 6) is -2.55. The molecular formula is C19H21F2NO3. The molecule has 0 aliphatic carbocycles. The molecule has 0 fully saturated rings. The van der Waals surface area contributed by atoms with Gasteiger partial charge in [0.15, 0.2) is 11.6 Å². The van der Waals surface area contributed by atoms with Crippen LogP contribution < -0.4 is 10.1 Å². The highest BCUT2D eigenvalue weighted by Gasteiger charge is 2.25. The van der Waals surface area contributed by atoms with Gasteiger partial charge in [-0.05, 0) is 25.0 Å². The number of hydrogen-bond acceptors (Lipinski definition) is 3. The number of halogens is 2. The number of ether oxygens (including phenoxy) is 1. The fourth-order valence-electron chi connectivity index (χ4n) is 2.19. The first-order chi connectivity index (χ1) is 11.9. The maximum atomic E-state index is 13.4. The highest BCUT2D eigenvalue weighted by molar-refractivity contribution is 5.82. The van der Waals surface area contributed by atoms with Crippen molar-refractivity contribution in [2.24, 2.45) is 5.92 Å². The highest BCUT2D eigenvalue weighted by atomic mass is 19.2. The zero-order valence-corrected chi connectivity index (χ0v) is 14.1. The van der Waals surface area contributed by atoms with E-state index in [4.69, 9.17) is 4.74 Å². The summed E-state index contributed by atoms with van der Waals surface area (Å²) in [5.41, 5.74) is 0.577. The zero-order chi connectivity index (χ0) is 18.4. The van der Waals surface area contributed by atoms with Crippen LogP contribution in [0.15, 0.2) is 48.5 Å². The van der Waals surface area contributed by atoms with Crippen LogP contribution in [0.3, 0.4) is 0 Å². The molecule has 2 rings (SSSR count). The Morgan fingerprint density at radius 1 is 1.12 bits per heavy atom. The number of aliphatic hydroxyl groups excluding tert-OH is 1. The molecule has 0 saturated heterocycles. The maximum Gasteiger partial charge on any atom is 0.266 e. The topological polar surface area (TPSA) is 58.6 Å². The Labute approximate surface area is 145 Å². The monoisotopic (exact) mass is 349 g/mol. The van der Waals surface area contributed by atoms with Crippen molar-refractivity contribution in [1.82, 2.24) is 5.32 Å². The summed E-state index contributed by atoms with van der Waals surface area (Å²) in [6.45, 7) is 3.51. The number of carbonyl (C=O) groups excluding carboxylic acids is 1. The Bertz CT molecular complexity index is 709. The molecular weight excluding hydrogens is 328 g/mol. The fraction of sp³-hybridized carbons (Fsp3) is 0.316. The number of amides is 1. The molecule has 134 valence electrons. The minimum Gasteiger partial charge on any atom is -0.476 e. The Morgan fingerprint density at radius 3 is 2.40 bits per heavy atom. The molecule has 6 heteroatoms. The molecule has 0 heterocycles. The van der Waals surface area contributed by atoms with Crippen LogP contribution in [0.2, 0.25) is 0 Å². The predicted octanol–water partition coefficient (Wildman–Crippen LogP) is 3.22. The normalized spacial score (nSPS) is 14.4. The Kier molecular flexibility index (Phi) is 6.47. The van der Waals surface area contributed by atoms with Gasteiger partial charge >= 0.3 is 0 Å². The number of aliphatic hydroxyl groups is 1. The van der Waals surface area contributed by atoms with Gasteiger partial charge in [-0.2, -0.15) is 0 Å². The lowest BCUT2D eigenvalue weighted by Gasteiger charge is -2.24. The van der Waals surface area contributed by atoms with Crippen LogP contribution in [0.1, 0.15) is 25.5 Å². The number of benzene rings is 2. The molecule has 0 saturated carbocycles. The molecule has 2 N–H and O–H groups in total. The lowest BCUT2D eigenvalue weighted by molar-refractivity contribution is -0.129. The standard InChI is InChI=1S/C19H21F2NO3/c1-12(11-23)13(2)22-19(24)18(14-6-4-3-5-7-14)25-15-8-9-16(20)17(21)10-15/h3-10,12-13,18,23H,11H2,1-2H3,(H,22,24). The van der Waals surface area contributed by atoms with Gasteiger partial charge in [0, 0.05) is 24.3 Å². The van der Waals surface area contributed by atoms with Crippen LogP contribution >= 0.6 is 0 Å². The van der Waals surface area contributed by atoms with Gasteiger partial charge in [-0.25, -0.2) is 8.78 Å². The lowest BCUT2D eigenvalue weighted by atomic mass is 10.0. The van der Waals surface area contributed by atoms with Crippen molar-refractivity contribution in [3.8, 4) is 5.75 Å². The maximum absolute atomic E-state index is 13.4. The lowest BCUT2D eigenvalue weighted by Crippen LogP contribution is -2.42. The molecule has 1 amide bonds. The molecule has 0 aromatic heterocycles. The van der Waals surface area contributed by atoms with E-state index >= 15 is 0 Å². The van der Waals surface area contributed by atoms with E-state index < -0.39 is 23.6 Å². The molecule has 2 aromatic rings. The van der Waals surface area contributed by atoms with Crippen LogP contribution in [0.5, 0.6) is 5.75 Å². The van der Waals surface area contributed by atoms with Gasteiger partial charge < -0.3 is 15.2 Å². The predicted molar refractivity (Wildman–Crippen MR) is 90.0 cm³/mol. The minimum atomic E-state index is -1.05. The quantitative estimate of drug-likeness (QED) is 0.807. The van der Waals surface area contributed by atoms with E-state index in [1.165, 1.54) is 6.07 Å². The first kappa shape index (κ1) is 18.9. The summed E-state index contributed by atoms with van der Waals surface area (Å²) in [6, 6.07) is 11.6. The molecule has 2 aromatic carbocycles. The van der Waals surface area contributed by atoms with E-state index in [1.54, 1.807) is 44.2 Å². The average Bonchev–Trinajstić information content (AvgIpc) is 2.62. The summed E-state index contributed by atoms with van der Waals surface area (Å²) in [4.78, 5) is 12.6. The van der Waals surface area contributed by atoms with Crippen molar-refractivity contribution >= 4 is 5.91 Å². The highest BCUT2D eigenvalue weighted by Crippen LogP contribution is 2.24. The van der Waals surface area contributed by atoms with Crippen molar-refractivity contribution in [2.75, 3.05) is 6.61 Å². The van der Waals surface area contributed by atoms with Gasteiger partial charge in [0.1, 0.15) is 5.75 Å². The molecule has 0 radical (unpaired) electrons. The van der Waals surface area contributed by atoms with E-state index in [2.05, 4.69) is 5.32 Å². The Morgan fingerprint density at radius 2 is 1.80 bits per heavy atom.